The fraction of sp³-hybridized carbons (Fsp3) is 0.562. The summed E-state index contributed by atoms with van der Waals surface area (Å²) >= 11 is 0. The van der Waals surface area contributed by atoms with E-state index < -0.39 is 0 Å². The molecule has 1 aromatic carbocycles. The molecular formula is C16H22N2O2. The molecule has 1 unspecified atom stereocenters. The number of carbonyl (C=O) groups excluding carboxylic acids is 1. The molecule has 1 heterocycles. The fourth-order valence-corrected chi connectivity index (χ4v) is 3.43. The van der Waals surface area contributed by atoms with Crippen LogP contribution in [0.5, 0.6) is 5.75 Å². The predicted octanol–water partition coefficient (Wildman–Crippen LogP) is 2.05. The van der Waals surface area contributed by atoms with E-state index in [0.717, 1.165) is 43.8 Å². The zero-order chi connectivity index (χ0) is 14.2. The first kappa shape index (κ1) is 13.4. The summed E-state index contributed by atoms with van der Waals surface area (Å²) in [5, 5.41) is 3.37. The number of nitrogens with zero attached hydrogens (tertiary/aromatic N) is 1. The number of piperidine rings is 1. The van der Waals surface area contributed by atoms with Gasteiger partial charge in [-0.1, -0.05) is 12.1 Å². The van der Waals surface area contributed by atoms with Crippen molar-refractivity contribution in [2.45, 2.75) is 19.3 Å². The second-order valence-electron chi connectivity index (χ2n) is 5.94. The highest BCUT2D eigenvalue weighted by Gasteiger charge is 2.58. The number of methoxy groups -OCH3 is 1. The van der Waals surface area contributed by atoms with Gasteiger partial charge in [-0.2, -0.15) is 0 Å². The lowest BCUT2D eigenvalue weighted by Gasteiger charge is -2.25. The summed E-state index contributed by atoms with van der Waals surface area (Å²) in [6, 6.07) is 7.70. The summed E-state index contributed by atoms with van der Waals surface area (Å²) in [4.78, 5) is 14.5. The first-order valence-electron chi connectivity index (χ1n) is 7.29. The molecule has 1 N–H and O–H groups in total. The van der Waals surface area contributed by atoms with E-state index in [2.05, 4.69) is 5.32 Å². The Hall–Kier alpha value is -1.55. The van der Waals surface area contributed by atoms with Crippen LogP contribution in [0.3, 0.4) is 0 Å². The van der Waals surface area contributed by atoms with Crippen molar-refractivity contribution in [2.24, 2.45) is 11.3 Å². The van der Waals surface area contributed by atoms with Crippen molar-refractivity contribution in [1.29, 1.82) is 0 Å². The molecule has 2 fully saturated rings. The quantitative estimate of drug-likeness (QED) is 0.917. The number of hydrogen-bond donors (Lipinski definition) is 1. The van der Waals surface area contributed by atoms with Crippen molar-refractivity contribution in [3.05, 3.63) is 24.3 Å². The second kappa shape index (κ2) is 5.09. The van der Waals surface area contributed by atoms with Crippen molar-refractivity contribution < 1.29 is 9.53 Å². The minimum Gasteiger partial charge on any atom is -0.495 e. The van der Waals surface area contributed by atoms with Crippen molar-refractivity contribution in [3.63, 3.8) is 0 Å². The first-order valence-corrected chi connectivity index (χ1v) is 7.29. The van der Waals surface area contributed by atoms with Gasteiger partial charge in [0.25, 0.3) is 0 Å². The van der Waals surface area contributed by atoms with Crippen LogP contribution in [0, 0.1) is 11.3 Å². The maximum absolute atomic E-state index is 12.7. The van der Waals surface area contributed by atoms with Gasteiger partial charge in [0.2, 0.25) is 5.91 Å². The van der Waals surface area contributed by atoms with Gasteiger partial charge in [0, 0.05) is 13.0 Å². The van der Waals surface area contributed by atoms with Gasteiger partial charge >= 0.3 is 0 Å². The van der Waals surface area contributed by atoms with Crippen LogP contribution < -0.4 is 15.0 Å². The molecule has 2 aliphatic rings. The summed E-state index contributed by atoms with van der Waals surface area (Å²) < 4.78 is 5.35. The summed E-state index contributed by atoms with van der Waals surface area (Å²) in [5.41, 5.74) is 1.13. The van der Waals surface area contributed by atoms with E-state index in [4.69, 9.17) is 4.74 Å². The Balaban J connectivity index is 1.75. The third-order valence-electron chi connectivity index (χ3n) is 4.86. The van der Waals surface area contributed by atoms with Crippen LogP contribution in [0.4, 0.5) is 5.69 Å². The standard InChI is InChI=1S/C16H22N2O2/c1-18(13-5-3-4-6-14(13)20-2)15(19)12-11-16(12)7-9-17-10-8-16/h3-6,12,17H,7-11H2,1-2H3. The van der Waals surface area contributed by atoms with E-state index in [1.165, 1.54) is 0 Å². The molecule has 4 nitrogen and oxygen atoms in total. The van der Waals surface area contributed by atoms with Crippen LogP contribution in [-0.2, 0) is 4.79 Å². The van der Waals surface area contributed by atoms with E-state index in [1.807, 2.05) is 31.3 Å². The minimum absolute atomic E-state index is 0.194. The molecule has 1 atom stereocenters. The number of amides is 1. The van der Waals surface area contributed by atoms with Crippen molar-refractivity contribution in [1.82, 2.24) is 5.32 Å². The van der Waals surface area contributed by atoms with Crippen molar-refractivity contribution in [2.75, 3.05) is 32.1 Å². The van der Waals surface area contributed by atoms with Gasteiger partial charge in [-0.25, -0.2) is 0 Å². The van der Waals surface area contributed by atoms with Crippen molar-refractivity contribution >= 4 is 11.6 Å². The Morgan fingerprint density at radius 3 is 2.75 bits per heavy atom. The number of hydrogen-bond acceptors (Lipinski definition) is 3. The highest BCUT2D eigenvalue weighted by Crippen LogP contribution is 2.59. The Labute approximate surface area is 120 Å². The Bertz CT molecular complexity index is 509. The van der Waals surface area contributed by atoms with Crippen molar-refractivity contribution in [3.8, 4) is 5.75 Å². The molecule has 1 saturated carbocycles. The molecule has 1 aromatic rings. The molecule has 1 saturated heterocycles. The lowest BCUT2D eigenvalue weighted by atomic mass is 9.91. The van der Waals surface area contributed by atoms with Gasteiger partial charge in [-0.15, -0.1) is 0 Å². The summed E-state index contributed by atoms with van der Waals surface area (Å²) in [7, 11) is 3.50. The lowest BCUT2D eigenvalue weighted by Crippen LogP contribution is -2.34. The second-order valence-corrected chi connectivity index (χ2v) is 5.94. The predicted molar refractivity (Wildman–Crippen MR) is 79.0 cm³/mol. The monoisotopic (exact) mass is 274 g/mol. The SMILES string of the molecule is COc1ccccc1N(C)C(=O)C1CC12CCNCC2. The largest absolute Gasteiger partial charge is 0.495 e. The topological polar surface area (TPSA) is 41.6 Å². The molecular weight excluding hydrogens is 252 g/mol. The Kier molecular flexibility index (Phi) is 3.42. The van der Waals surface area contributed by atoms with Gasteiger partial charge in [0.15, 0.2) is 0 Å². The third-order valence-corrected chi connectivity index (χ3v) is 4.86. The zero-order valence-electron chi connectivity index (χ0n) is 12.2. The van der Waals surface area contributed by atoms with Crippen LogP contribution in [0.25, 0.3) is 0 Å². The highest BCUT2D eigenvalue weighted by molar-refractivity contribution is 5.98. The van der Waals surface area contributed by atoms with Gasteiger partial charge in [0.1, 0.15) is 5.75 Å². The van der Waals surface area contributed by atoms with Gasteiger partial charge in [0.05, 0.1) is 12.8 Å². The van der Waals surface area contributed by atoms with Crippen LogP contribution in [0.15, 0.2) is 24.3 Å². The van der Waals surface area contributed by atoms with Crippen LogP contribution in [-0.4, -0.2) is 33.2 Å². The molecule has 1 spiro atoms. The maximum atomic E-state index is 12.7. The average molecular weight is 274 g/mol. The number of anilines is 1. The third kappa shape index (κ3) is 2.18. The maximum Gasteiger partial charge on any atom is 0.230 e. The molecule has 1 aliphatic carbocycles. The highest BCUT2D eigenvalue weighted by atomic mass is 16.5. The van der Waals surface area contributed by atoms with Gasteiger partial charge < -0.3 is 15.0 Å². The van der Waals surface area contributed by atoms with Gasteiger partial charge in [-0.3, -0.25) is 4.79 Å². The number of benzene rings is 1. The fourth-order valence-electron chi connectivity index (χ4n) is 3.43. The summed E-state index contributed by atoms with van der Waals surface area (Å²) in [6.45, 7) is 2.09. The molecule has 1 aliphatic heterocycles. The molecule has 1 amide bonds. The summed E-state index contributed by atoms with van der Waals surface area (Å²) in [6.07, 6.45) is 3.30. The number of rotatable bonds is 3. The molecule has 108 valence electrons. The number of nitrogens with one attached hydrogen (secondary N) is 1. The molecule has 3 rings (SSSR count). The normalized spacial score (nSPS) is 23.4. The smallest absolute Gasteiger partial charge is 0.230 e. The number of carbonyl (C=O) groups is 1. The van der Waals surface area contributed by atoms with E-state index in [1.54, 1.807) is 12.0 Å². The lowest BCUT2D eigenvalue weighted by molar-refractivity contribution is -0.120. The minimum atomic E-state index is 0.194. The van der Waals surface area contributed by atoms with Crippen LogP contribution in [0.1, 0.15) is 19.3 Å². The van der Waals surface area contributed by atoms with E-state index in [-0.39, 0.29) is 17.2 Å². The van der Waals surface area contributed by atoms with E-state index in [0.29, 0.717) is 0 Å². The molecule has 20 heavy (non-hydrogen) atoms. The zero-order valence-corrected chi connectivity index (χ0v) is 12.2. The average Bonchev–Trinajstić information content (AvgIpc) is 3.19. The number of ether oxygens (including phenoxy) is 1. The Morgan fingerprint density at radius 1 is 1.35 bits per heavy atom. The Morgan fingerprint density at radius 2 is 2.05 bits per heavy atom. The molecule has 0 bridgehead atoms. The summed E-state index contributed by atoms with van der Waals surface area (Å²) in [5.74, 6) is 1.18. The van der Waals surface area contributed by atoms with E-state index in [9.17, 15) is 4.79 Å². The molecule has 0 radical (unpaired) electrons. The van der Waals surface area contributed by atoms with Crippen LogP contribution in [0.2, 0.25) is 0 Å². The van der Waals surface area contributed by atoms with E-state index >= 15 is 0 Å². The molecule has 0 aromatic heterocycles. The van der Waals surface area contributed by atoms with Gasteiger partial charge in [-0.05, 0) is 49.9 Å². The van der Waals surface area contributed by atoms with Crippen LogP contribution >= 0.6 is 0 Å². The molecule has 4 heteroatoms. The first-order chi connectivity index (χ1) is 9.68. The number of para-hydroxylation sites is 2.